The number of nitriles is 1. The number of ketones is 2. The fraction of sp³-hybridized carbons (Fsp3) is 0.0500. The van der Waals surface area contributed by atoms with Gasteiger partial charge in [-0.1, -0.05) is 36.4 Å². The second kappa shape index (κ2) is 6.17. The first-order valence-corrected chi connectivity index (χ1v) is 8.18. The van der Waals surface area contributed by atoms with Crippen LogP contribution in [0.1, 0.15) is 32.2 Å². The van der Waals surface area contributed by atoms with E-state index in [9.17, 15) is 25.0 Å². The largest absolute Gasteiger partial charge is 0.436 e. The number of hydrogen-bond acceptors (Lipinski definition) is 7. The highest BCUT2D eigenvalue weighted by molar-refractivity contribution is 6.27. The number of non-ortho nitro benzene ring substituents is 1. The first-order valence-electron chi connectivity index (χ1n) is 8.18. The Morgan fingerprint density at radius 1 is 1.04 bits per heavy atom. The molecule has 1 heterocycles. The van der Waals surface area contributed by atoms with E-state index in [0.717, 1.165) is 0 Å². The number of ether oxygens (including phenoxy) is 1. The van der Waals surface area contributed by atoms with Crippen molar-refractivity contribution in [1.82, 2.24) is 0 Å². The lowest BCUT2D eigenvalue weighted by molar-refractivity contribution is -0.384. The molecule has 136 valence electrons. The number of benzene rings is 2. The molecule has 1 aliphatic carbocycles. The molecular formula is C20H11N3O5. The van der Waals surface area contributed by atoms with Gasteiger partial charge in [-0.25, -0.2) is 0 Å². The van der Waals surface area contributed by atoms with Gasteiger partial charge in [0.05, 0.1) is 16.4 Å². The average molecular weight is 373 g/mol. The number of rotatable bonds is 2. The predicted octanol–water partition coefficient (Wildman–Crippen LogP) is 2.74. The number of fused-ring (bicyclic) bond motifs is 1. The van der Waals surface area contributed by atoms with Crippen molar-refractivity contribution in [1.29, 1.82) is 5.26 Å². The molecule has 0 aromatic heterocycles. The molecule has 2 N–H and O–H groups in total. The zero-order valence-electron chi connectivity index (χ0n) is 14.2. The lowest BCUT2D eigenvalue weighted by Gasteiger charge is -2.30. The zero-order valence-corrected chi connectivity index (χ0v) is 14.2. The number of nitrogens with zero attached hydrogens (tertiary/aromatic N) is 2. The Kier molecular flexibility index (Phi) is 3.79. The smallest absolute Gasteiger partial charge is 0.269 e. The van der Waals surface area contributed by atoms with E-state index in [0.29, 0.717) is 5.56 Å². The van der Waals surface area contributed by atoms with Crippen molar-refractivity contribution in [2.24, 2.45) is 5.73 Å². The van der Waals surface area contributed by atoms with E-state index in [1.54, 1.807) is 12.1 Å². The van der Waals surface area contributed by atoms with Crippen LogP contribution in [0.15, 0.2) is 71.3 Å². The number of nitro benzene ring substituents is 1. The van der Waals surface area contributed by atoms with Crippen LogP contribution < -0.4 is 5.73 Å². The van der Waals surface area contributed by atoms with Crippen molar-refractivity contribution in [3.63, 3.8) is 0 Å². The summed E-state index contributed by atoms with van der Waals surface area (Å²) in [6.45, 7) is 0. The van der Waals surface area contributed by atoms with E-state index >= 15 is 0 Å². The molecule has 2 aliphatic rings. The number of nitro groups is 1. The molecule has 2 aromatic carbocycles. The highest BCUT2D eigenvalue weighted by atomic mass is 16.6. The Bertz CT molecular complexity index is 1170. The summed E-state index contributed by atoms with van der Waals surface area (Å²) in [6, 6.07) is 13.6. The van der Waals surface area contributed by atoms with E-state index in [2.05, 4.69) is 0 Å². The van der Waals surface area contributed by atoms with Crippen molar-refractivity contribution in [3.05, 3.63) is 98.1 Å². The minimum absolute atomic E-state index is 0.00306. The molecule has 8 nitrogen and oxygen atoms in total. The van der Waals surface area contributed by atoms with Crippen LogP contribution in [0.4, 0.5) is 5.69 Å². The second-order valence-corrected chi connectivity index (χ2v) is 6.22. The predicted molar refractivity (Wildman–Crippen MR) is 95.9 cm³/mol. The number of nitrogens with two attached hydrogens (primary N) is 1. The van der Waals surface area contributed by atoms with Gasteiger partial charge in [0.2, 0.25) is 11.7 Å². The van der Waals surface area contributed by atoms with Crippen LogP contribution in [-0.4, -0.2) is 16.5 Å². The molecule has 0 spiro atoms. The van der Waals surface area contributed by atoms with E-state index in [1.165, 1.54) is 36.4 Å². The zero-order chi connectivity index (χ0) is 20.0. The Morgan fingerprint density at radius 2 is 1.64 bits per heavy atom. The van der Waals surface area contributed by atoms with Gasteiger partial charge >= 0.3 is 0 Å². The van der Waals surface area contributed by atoms with Crippen LogP contribution in [0.5, 0.6) is 0 Å². The van der Waals surface area contributed by atoms with Crippen molar-refractivity contribution in [3.8, 4) is 6.07 Å². The maximum atomic E-state index is 13.2. The summed E-state index contributed by atoms with van der Waals surface area (Å²) in [5, 5.41) is 20.5. The molecule has 1 aliphatic heterocycles. The molecule has 0 saturated carbocycles. The quantitative estimate of drug-likeness (QED) is 0.631. The summed E-state index contributed by atoms with van der Waals surface area (Å²) < 4.78 is 5.38. The summed E-state index contributed by atoms with van der Waals surface area (Å²) in [6.07, 6.45) is 0. The molecule has 0 amide bonds. The first kappa shape index (κ1) is 17.2. The van der Waals surface area contributed by atoms with Crippen LogP contribution in [0, 0.1) is 21.4 Å². The second-order valence-electron chi connectivity index (χ2n) is 6.22. The third-order valence-electron chi connectivity index (χ3n) is 4.72. The summed E-state index contributed by atoms with van der Waals surface area (Å²) in [7, 11) is 0. The molecule has 4 rings (SSSR count). The molecule has 0 radical (unpaired) electrons. The average Bonchev–Trinajstić information content (AvgIpc) is 2.71. The molecule has 8 heteroatoms. The van der Waals surface area contributed by atoms with Gasteiger partial charge < -0.3 is 10.5 Å². The standard InChI is InChI=1S/C20H11N3O5/c21-9-14-15(10-5-7-11(8-6-10)23(26)27)16-17(24)12-3-1-2-4-13(12)18(25)19(16)28-20(14)22/h1-8,15H,22H2/t15-/m0/s1. The Hall–Kier alpha value is -4.25. The van der Waals surface area contributed by atoms with Gasteiger partial charge in [-0.15, -0.1) is 0 Å². The Balaban J connectivity index is 1.93. The summed E-state index contributed by atoms with van der Waals surface area (Å²) in [5.41, 5.74) is 6.51. The lowest BCUT2D eigenvalue weighted by Crippen LogP contribution is -2.32. The van der Waals surface area contributed by atoms with Gasteiger partial charge in [-0.05, 0) is 5.56 Å². The normalized spacial score (nSPS) is 18.2. The van der Waals surface area contributed by atoms with Gasteiger partial charge in [-0.2, -0.15) is 5.26 Å². The van der Waals surface area contributed by atoms with E-state index in [1.807, 2.05) is 6.07 Å². The molecule has 0 unspecified atom stereocenters. The van der Waals surface area contributed by atoms with Gasteiger partial charge in [0.15, 0.2) is 11.5 Å². The Labute approximate surface area is 158 Å². The van der Waals surface area contributed by atoms with Crippen molar-refractivity contribution in [2.45, 2.75) is 5.92 Å². The highest BCUT2D eigenvalue weighted by Crippen LogP contribution is 2.44. The number of carbonyl (C=O) groups is 2. The maximum absolute atomic E-state index is 13.2. The topological polar surface area (TPSA) is 136 Å². The number of Topliss-reactive ketones (excluding diaryl/α,β-unsaturated/α-hetero) is 2. The van der Waals surface area contributed by atoms with E-state index in [-0.39, 0.29) is 39.6 Å². The summed E-state index contributed by atoms with van der Waals surface area (Å²) in [4.78, 5) is 36.4. The monoisotopic (exact) mass is 373 g/mol. The van der Waals surface area contributed by atoms with Gasteiger partial charge in [-0.3, -0.25) is 19.7 Å². The molecular weight excluding hydrogens is 362 g/mol. The minimum atomic E-state index is -0.959. The van der Waals surface area contributed by atoms with E-state index in [4.69, 9.17) is 10.5 Å². The van der Waals surface area contributed by atoms with Crippen molar-refractivity contribution >= 4 is 17.3 Å². The third kappa shape index (κ3) is 2.38. The van der Waals surface area contributed by atoms with Crippen LogP contribution in [0.3, 0.4) is 0 Å². The lowest BCUT2D eigenvalue weighted by atomic mass is 9.75. The summed E-state index contributed by atoms with van der Waals surface area (Å²) >= 11 is 0. The van der Waals surface area contributed by atoms with Crippen molar-refractivity contribution in [2.75, 3.05) is 0 Å². The SMILES string of the molecule is N#CC1=C(N)OC2=C(C(=O)c3ccccc3C2=O)[C@H]1c1ccc([N+](=O)[O-])cc1. The summed E-state index contributed by atoms with van der Waals surface area (Å²) in [5.74, 6) is -2.40. The molecule has 0 saturated heterocycles. The first-order chi connectivity index (χ1) is 13.4. The number of carbonyl (C=O) groups excluding carboxylic acids is 2. The van der Waals surface area contributed by atoms with Gasteiger partial charge in [0, 0.05) is 23.3 Å². The van der Waals surface area contributed by atoms with Crippen molar-refractivity contribution < 1.29 is 19.2 Å². The molecule has 1 atom stereocenters. The number of hydrogen-bond donors (Lipinski definition) is 1. The molecule has 2 aromatic rings. The van der Waals surface area contributed by atoms with Crippen LogP contribution in [0.25, 0.3) is 0 Å². The highest BCUT2D eigenvalue weighted by Gasteiger charge is 2.43. The van der Waals surface area contributed by atoms with Crippen LogP contribution in [0.2, 0.25) is 0 Å². The van der Waals surface area contributed by atoms with Gasteiger partial charge in [0.1, 0.15) is 11.6 Å². The number of allylic oxidation sites excluding steroid dienone is 3. The van der Waals surface area contributed by atoms with Crippen LogP contribution >= 0.6 is 0 Å². The molecule has 28 heavy (non-hydrogen) atoms. The van der Waals surface area contributed by atoms with Gasteiger partial charge in [0.25, 0.3) is 5.69 Å². The fourth-order valence-electron chi connectivity index (χ4n) is 3.43. The maximum Gasteiger partial charge on any atom is 0.269 e. The minimum Gasteiger partial charge on any atom is -0.436 e. The van der Waals surface area contributed by atoms with E-state index < -0.39 is 22.4 Å². The molecule has 0 fully saturated rings. The molecule has 0 bridgehead atoms. The third-order valence-corrected chi connectivity index (χ3v) is 4.72. The Morgan fingerprint density at radius 3 is 2.21 bits per heavy atom. The van der Waals surface area contributed by atoms with Crippen LogP contribution in [-0.2, 0) is 4.74 Å². The fourth-order valence-corrected chi connectivity index (χ4v) is 3.43.